The third-order valence-electron chi connectivity index (χ3n) is 3.87. The zero-order chi connectivity index (χ0) is 19.1. The normalized spacial score (nSPS) is 18.8. The van der Waals surface area contributed by atoms with Crippen LogP contribution in [0.15, 0.2) is 34.7 Å². The highest BCUT2D eigenvalue weighted by Gasteiger charge is 2.46. The van der Waals surface area contributed by atoms with Gasteiger partial charge < -0.3 is 10.6 Å². The highest BCUT2D eigenvalue weighted by atomic mass is 32.2. The van der Waals surface area contributed by atoms with E-state index in [2.05, 4.69) is 15.6 Å². The number of hydrogen-bond acceptors (Lipinski definition) is 7. The van der Waals surface area contributed by atoms with Gasteiger partial charge in [-0.2, -0.15) is 4.31 Å². The number of likely N-dealkylation sites (N-methyl/N-ethyl adjacent to an activating group) is 1. The highest BCUT2D eigenvalue weighted by Crippen LogP contribution is 2.33. The smallest absolute Gasteiger partial charge is 0.252 e. The van der Waals surface area contributed by atoms with Crippen molar-refractivity contribution >= 4 is 44.8 Å². The van der Waals surface area contributed by atoms with Crippen molar-refractivity contribution in [1.29, 1.82) is 0 Å². The van der Waals surface area contributed by atoms with Crippen molar-refractivity contribution in [1.82, 2.24) is 14.6 Å². The Morgan fingerprint density at radius 1 is 1.31 bits per heavy atom. The van der Waals surface area contributed by atoms with E-state index in [1.54, 1.807) is 0 Å². The summed E-state index contributed by atoms with van der Waals surface area (Å²) in [7, 11) is -1.31. The molecule has 2 aromatic rings. The molecule has 0 saturated carbocycles. The topological polar surface area (TPSA) is 126 Å². The SMILES string of the molecule is CNC(=O)c1ccnc(NC(=O)C2C(=O)c3sccc3S(=O)(=O)N2C)c1. The van der Waals surface area contributed by atoms with Crippen LogP contribution in [0.5, 0.6) is 0 Å². The van der Waals surface area contributed by atoms with Crippen molar-refractivity contribution in [3.63, 3.8) is 0 Å². The highest BCUT2D eigenvalue weighted by molar-refractivity contribution is 7.89. The largest absolute Gasteiger partial charge is 0.355 e. The molecule has 1 aliphatic heterocycles. The number of aromatic nitrogens is 1. The van der Waals surface area contributed by atoms with Crippen LogP contribution in [0.25, 0.3) is 0 Å². The molecule has 2 N–H and O–H groups in total. The Hall–Kier alpha value is -2.63. The lowest BCUT2D eigenvalue weighted by Gasteiger charge is -2.29. The summed E-state index contributed by atoms with van der Waals surface area (Å²) in [6, 6.07) is 2.58. The predicted octanol–water partition coefficient (Wildman–Crippen LogP) is 0.327. The van der Waals surface area contributed by atoms with Gasteiger partial charge in [-0.1, -0.05) is 0 Å². The number of thiophene rings is 1. The Morgan fingerprint density at radius 3 is 2.73 bits per heavy atom. The number of sulfonamides is 1. The fraction of sp³-hybridized carbons (Fsp3) is 0.200. The number of amides is 2. The summed E-state index contributed by atoms with van der Waals surface area (Å²) in [5, 5.41) is 6.33. The quantitative estimate of drug-likeness (QED) is 0.723. The van der Waals surface area contributed by atoms with Crippen LogP contribution in [0.1, 0.15) is 20.0 Å². The van der Waals surface area contributed by atoms with Crippen molar-refractivity contribution in [2.24, 2.45) is 0 Å². The summed E-state index contributed by atoms with van der Waals surface area (Å²) in [5.74, 6) is -1.79. The minimum atomic E-state index is -3.94. The van der Waals surface area contributed by atoms with E-state index in [9.17, 15) is 22.8 Å². The lowest BCUT2D eigenvalue weighted by Crippen LogP contribution is -2.52. The number of hydrogen-bond donors (Lipinski definition) is 2. The van der Waals surface area contributed by atoms with Crippen LogP contribution in [0.3, 0.4) is 0 Å². The maximum atomic E-state index is 12.6. The van der Waals surface area contributed by atoms with E-state index < -0.39 is 27.8 Å². The molecule has 0 saturated heterocycles. The molecule has 0 aromatic carbocycles. The Bertz CT molecular complexity index is 1010. The molecular formula is C15H14N4O5S2. The lowest BCUT2D eigenvalue weighted by atomic mass is 10.1. The Balaban J connectivity index is 1.91. The van der Waals surface area contributed by atoms with Gasteiger partial charge in [-0.3, -0.25) is 14.4 Å². The van der Waals surface area contributed by atoms with Gasteiger partial charge in [0.1, 0.15) is 10.7 Å². The summed E-state index contributed by atoms with van der Waals surface area (Å²) >= 11 is 0.971. The standard InChI is InChI=1S/C15H14N4O5S2/c1-16-14(21)8-3-5-17-10(7-8)18-15(22)11-12(20)13-9(4-6-25-13)26(23,24)19(11)2/h3-7,11H,1-2H3,(H,16,21)(H,17,18,22). The minimum absolute atomic E-state index is 0.0234. The summed E-state index contributed by atoms with van der Waals surface area (Å²) in [6.07, 6.45) is 1.32. The van der Waals surface area contributed by atoms with E-state index in [0.29, 0.717) is 0 Å². The molecule has 3 heterocycles. The second-order valence-electron chi connectivity index (χ2n) is 5.40. The minimum Gasteiger partial charge on any atom is -0.355 e. The van der Waals surface area contributed by atoms with Gasteiger partial charge in [0.2, 0.25) is 15.8 Å². The van der Waals surface area contributed by atoms with E-state index in [1.807, 2.05) is 0 Å². The number of rotatable bonds is 3. The molecule has 0 bridgehead atoms. The average molecular weight is 394 g/mol. The maximum absolute atomic E-state index is 12.6. The molecule has 2 amide bonds. The molecule has 0 fully saturated rings. The molecule has 3 rings (SSSR count). The van der Waals surface area contributed by atoms with Crippen LogP contribution in [-0.2, 0) is 14.8 Å². The average Bonchev–Trinajstić information content (AvgIpc) is 3.11. The van der Waals surface area contributed by atoms with Crippen molar-refractivity contribution in [3.8, 4) is 0 Å². The maximum Gasteiger partial charge on any atom is 0.252 e. The number of carbonyl (C=O) groups is 3. The molecular weight excluding hydrogens is 380 g/mol. The van der Waals surface area contributed by atoms with Gasteiger partial charge in [0, 0.05) is 25.9 Å². The molecule has 9 nitrogen and oxygen atoms in total. The Morgan fingerprint density at radius 2 is 2.04 bits per heavy atom. The number of Topliss-reactive ketones (excluding diaryl/α,β-unsaturated/α-hetero) is 1. The zero-order valence-electron chi connectivity index (χ0n) is 13.7. The van der Waals surface area contributed by atoms with Gasteiger partial charge >= 0.3 is 0 Å². The van der Waals surface area contributed by atoms with E-state index in [1.165, 1.54) is 43.9 Å². The van der Waals surface area contributed by atoms with Gasteiger partial charge in [-0.25, -0.2) is 13.4 Å². The molecule has 1 aliphatic rings. The molecule has 0 aliphatic carbocycles. The van der Waals surface area contributed by atoms with Crippen molar-refractivity contribution < 1.29 is 22.8 Å². The Kier molecular flexibility index (Phi) is 4.61. The molecule has 1 unspecified atom stereocenters. The fourth-order valence-electron chi connectivity index (χ4n) is 2.53. The summed E-state index contributed by atoms with van der Waals surface area (Å²) in [4.78, 5) is 40.7. The fourth-order valence-corrected chi connectivity index (χ4v) is 5.18. The van der Waals surface area contributed by atoms with Crippen LogP contribution in [0, 0.1) is 0 Å². The van der Waals surface area contributed by atoms with Crippen molar-refractivity contribution in [2.45, 2.75) is 10.9 Å². The van der Waals surface area contributed by atoms with E-state index >= 15 is 0 Å². The Labute approximate surface area is 153 Å². The number of ketones is 1. The first-order valence-corrected chi connectivity index (χ1v) is 9.68. The third kappa shape index (κ3) is 2.89. The molecule has 136 valence electrons. The molecule has 0 radical (unpaired) electrons. The molecule has 1 atom stereocenters. The zero-order valence-corrected chi connectivity index (χ0v) is 15.3. The van der Waals surface area contributed by atoms with Crippen LogP contribution >= 0.6 is 11.3 Å². The monoisotopic (exact) mass is 394 g/mol. The van der Waals surface area contributed by atoms with E-state index in [0.717, 1.165) is 15.6 Å². The van der Waals surface area contributed by atoms with Crippen LogP contribution in [0.4, 0.5) is 5.82 Å². The van der Waals surface area contributed by atoms with Gasteiger partial charge in [-0.05, 0) is 23.6 Å². The second kappa shape index (κ2) is 6.59. The summed E-state index contributed by atoms with van der Waals surface area (Å²) < 4.78 is 25.7. The lowest BCUT2D eigenvalue weighted by molar-refractivity contribution is -0.118. The van der Waals surface area contributed by atoms with E-state index in [-0.39, 0.29) is 27.1 Å². The van der Waals surface area contributed by atoms with Gasteiger partial charge in [0.25, 0.3) is 11.8 Å². The second-order valence-corrected chi connectivity index (χ2v) is 8.28. The number of carbonyl (C=O) groups excluding carboxylic acids is 3. The van der Waals surface area contributed by atoms with Crippen molar-refractivity contribution in [2.75, 3.05) is 19.4 Å². The predicted molar refractivity (Wildman–Crippen MR) is 93.6 cm³/mol. The number of pyridine rings is 1. The third-order valence-corrected chi connectivity index (χ3v) is 6.79. The van der Waals surface area contributed by atoms with Crippen LogP contribution in [-0.4, -0.2) is 55.4 Å². The first-order chi connectivity index (χ1) is 12.3. The van der Waals surface area contributed by atoms with Crippen LogP contribution in [0.2, 0.25) is 0 Å². The summed E-state index contributed by atoms with van der Waals surface area (Å²) in [5.41, 5.74) is 0.259. The van der Waals surface area contributed by atoms with E-state index in [4.69, 9.17) is 0 Å². The molecule has 26 heavy (non-hydrogen) atoms. The molecule has 2 aromatic heterocycles. The first kappa shape index (κ1) is 18.2. The van der Waals surface area contributed by atoms with Gasteiger partial charge in [0.05, 0.1) is 4.88 Å². The van der Waals surface area contributed by atoms with Gasteiger partial charge in [0.15, 0.2) is 6.04 Å². The first-order valence-electron chi connectivity index (χ1n) is 7.36. The van der Waals surface area contributed by atoms with Gasteiger partial charge in [-0.15, -0.1) is 11.3 Å². The number of nitrogens with one attached hydrogen (secondary N) is 2. The number of anilines is 1. The van der Waals surface area contributed by atoms with Crippen LogP contribution < -0.4 is 10.6 Å². The number of nitrogens with zero attached hydrogens (tertiary/aromatic N) is 2. The summed E-state index contributed by atoms with van der Waals surface area (Å²) in [6.45, 7) is 0. The molecule has 0 spiro atoms. The van der Waals surface area contributed by atoms with Crippen molar-refractivity contribution in [3.05, 3.63) is 40.2 Å². The molecule has 11 heteroatoms. The number of fused-ring (bicyclic) bond motifs is 1.